The molecule has 5 nitrogen and oxygen atoms in total. The van der Waals surface area contributed by atoms with Crippen molar-refractivity contribution >= 4 is 37.6 Å². The third kappa shape index (κ3) is 3.98. The Morgan fingerprint density at radius 2 is 2.24 bits per heavy atom. The monoisotopic (exact) mass is 304 g/mol. The maximum Gasteiger partial charge on any atom is 0.332 e. The van der Waals surface area contributed by atoms with E-state index in [1.165, 1.54) is 0 Å². The van der Waals surface area contributed by atoms with Crippen LogP contribution >= 0.6 is 22.5 Å². The Morgan fingerprint density at radius 3 is 2.71 bits per heavy atom. The van der Waals surface area contributed by atoms with Crippen LogP contribution in [-0.4, -0.2) is 32.9 Å². The predicted molar refractivity (Wildman–Crippen MR) is 63.3 cm³/mol. The number of carbonyl (C=O) groups is 1. The van der Waals surface area contributed by atoms with Crippen LogP contribution in [-0.2, 0) is 22.9 Å². The van der Waals surface area contributed by atoms with Gasteiger partial charge in [-0.3, -0.25) is 0 Å². The summed E-state index contributed by atoms with van der Waals surface area (Å²) < 4.78 is 32.0. The molecule has 1 rings (SSSR count). The Bertz CT molecular complexity index is 383. The normalized spacial score (nSPS) is 29.9. The first kappa shape index (κ1) is 15.0. The molecule has 1 aliphatic rings. The Labute approximate surface area is 110 Å². The minimum absolute atomic E-state index is 0.182. The highest BCUT2D eigenvalue weighted by Crippen LogP contribution is 2.38. The molecule has 0 saturated carbocycles. The lowest BCUT2D eigenvalue weighted by Gasteiger charge is -2.36. The molecule has 2 atom stereocenters. The number of hydrogen-bond donors (Lipinski definition) is 0. The fourth-order valence-corrected chi connectivity index (χ4v) is 3.90. The number of rotatable bonds is 4. The Kier molecular flexibility index (Phi) is 5.07. The number of hydrogen-bond acceptors (Lipinski definition) is 5. The lowest BCUT2D eigenvalue weighted by Crippen LogP contribution is -2.45. The summed E-state index contributed by atoms with van der Waals surface area (Å²) in [5, 5.41) is 0. The molecule has 8 heteroatoms. The number of carbonyl (C=O) groups excluding carboxylic acids is 1. The van der Waals surface area contributed by atoms with E-state index >= 15 is 0 Å². The second-order valence-electron chi connectivity index (χ2n) is 4.18. The van der Waals surface area contributed by atoms with Crippen molar-refractivity contribution in [3.05, 3.63) is 0 Å². The molecule has 0 amide bonds. The maximum absolute atomic E-state index is 11.7. The van der Waals surface area contributed by atoms with Crippen LogP contribution in [0, 0.1) is 5.41 Å². The molecule has 0 radical (unpaired) electrons. The van der Waals surface area contributed by atoms with E-state index in [1.54, 1.807) is 0 Å². The Hall–Kier alpha value is -0.0400. The van der Waals surface area contributed by atoms with Crippen molar-refractivity contribution in [1.29, 1.82) is 0 Å². The van der Waals surface area contributed by atoms with Gasteiger partial charge in [-0.25, -0.2) is 13.2 Å². The molecule has 1 fully saturated rings. The molecule has 0 aromatic heterocycles. The summed E-state index contributed by atoms with van der Waals surface area (Å²) in [5.41, 5.74) is -1.19. The quantitative estimate of drug-likeness (QED) is 0.741. The molecule has 1 heterocycles. The molecule has 0 aromatic carbocycles. The van der Waals surface area contributed by atoms with Crippen LogP contribution in [0.4, 0.5) is 0 Å². The standard InChI is InChI=1S/C9H14Cl2O5S/c1-2-7-5-9(3-4-15-7,8(12)16-10)6-17(11,13)14/h7H,2-6H2,1H3. The van der Waals surface area contributed by atoms with Gasteiger partial charge in [-0.15, -0.1) is 0 Å². The lowest BCUT2D eigenvalue weighted by molar-refractivity contribution is -0.153. The molecule has 0 bridgehead atoms. The third-order valence-corrected chi connectivity index (χ3v) is 4.32. The van der Waals surface area contributed by atoms with E-state index in [-0.39, 0.29) is 25.6 Å². The summed E-state index contributed by atoms with van der Waals surface area (Å²) in [6.45, 7) is 2.18. The van der Waals surface area contributed by atoms with E-state index in [2.05, 4.69) is 4.29 Å². The summed E-state index contributed by atoms with van der Waals surface area (Å²) in [5.74, 6) is -1.24. The van der Waals surface area contributed by atoms with Gasteiger partial charge in [0, 0.05) is 17.3 Å². The van der Waals surface area contributed by atoms with Crippen molar-refractivity contribution in [3.8, 4) is 0 Å². The van der Waals surface area contributed by atoms with Crippen molar-refractivity contribution in [2.45, 2.75) is 32.3 Å². The highest BCUT2D eigenvalue weighted by Gasteiger charge is 2.47. The van der Waals surface area contributed by atoms with Gasteiger partial charge in [0.1, 0.15) is 11.9 Å². The molecule has 0 aromatic rings. The fourth-order valence-electron chi connectivity index (χ4n) is 2.07. The molecular formula is C9H14Cl2O5S. The number of ether oxygens (including phenoxy) is 1. The van der Waals surface area contributed by atoms with Crippen molar-refractivity contribution < 1.29 is 22.2 Å². The van der Waals surface area contributed by atoms with E-state index in [0.717, 1.165) is 0 Å². The van der Waals surface area contributed by atoms with Gasteiger partial charge in [0.25, 0.3) is 0 Å². The van der Waals surface area contributed by atoms with Gasteiger partial charge in [0.2, 0.25) is 9.05 Å². The second kappa shape index (κ2) is 5.73. The second-order valence-corrected chi connectivity index (χ2v) is 7.11. The van der Waals surface area contributed by atoms with Crippen molar-refractivity contribution in [2.24, 2.45) is 5.41 Å². The lowest BCUT2D eigenvalue weighted by atomic mass is 9.79. The smallest absolute Gasteiger partial charge is 0.332 e. The SMILES string of the molecule is CCC1CC(CS(=O)(=O)Cl)(C(=O)OCl)CCO1. The molecule has 0 spiro atoms. The van der Waals surface area contributed by atoms with E-state index < -0.39 is 26.2 Å². The predicted octanol–water partition coefficient (Wildman–Crippen LogP) is 1.83. The van der Waals surface area contributed by atoms with Crippen LogP contribution in [0.3, 0.4) is 0 Å². The van der Waals surface area contributed by atoms with Crippen LogP contribution in [0.5, 0.6) is 0 Å². The molecule has 100 valence electrons. The highest BCUT2D eigenvalue weighted by atomic mass is 35.7. The third-order valence-electron chi connectivity index (χ3n) is 2.96. The van der Waals surface area contributed by atoms with Gasteiger partial charge in [0.05, 0.1) is 17.3 Å². The first-order valence-corrected chi connectivity index (χ1v) is 7.98. The maximum atomic E-state index is 11.7. The molecule has 0 N–H and O–H groups in total. The molecule has 1 saturated heterocycles. The zero-order valence-corrected chi connectivity index (χ0v) is 11.6. The van der Waals surface area contributed by atoms with Crippen molar-refractivity contribution in [2.75, 3.05) is 12.4 Å². The van der Waals surface area contributed by atoms with Crippen LogP contribution in [0.1, 0.15) is 26.2 Å². The van der Waals surface area contributed by atoms with E-state index in [1.807, 2.05) is 6.92 Å². The average Bonchev–Trinajstić information content (AvgIpc) is 2.25. The first-order valence-electron chi connectivity index (χ1n) is 5.20. The van der Waals surface area contributed by atoms with Gasteiger partial charge in [-0.1, -0.05) is 6.92 Å². The molecular weight excluding hydrogens is 291 g/mol. The van der Waals surface area contributed by atoms with E-state index in [9.17, 15) is 13.2 Å². The summed E-state index contributed by atoms with van der Waals surface area (Å²) >= 11 is 5.07. The van der Waals surface area contributed by atoms with Gasteiger partial charge in [-0.2, -0.15) is 0 Å². The summed E-state index contributed by atoms with van der Waals surface area (Å²) in [7, 11) is 1.42. The van der Waals surface area contributed by atoms with Crippen LogP contribution in [0.25, 0.3) is 0 Å². The zero-order chi connectivity index (χ0) is 13.1. The Balaban J connectivity index is 2.97. The topological polar surface area (TPSA) is 69.7 Å². The minimum Gasteiger partial charge on any atom is -0.378 e. The number of halogens is 2. The molecule has 1 aliphatic heterocycles. The molecule has 0 aliphatic carbocycles. The largest absolute Gasteiger partial charge is 0.378 e. The van der Waals surface area contributed by atoms with Crippen LogP contribution in [0.15, 0.2) is 0 Å². The summed E-state index contributed by atoms with van der Waals surface area (Å²) in [6, 6.07) is 0. The fraction of sp³-hybridized carbons (Fsp3) is 0.889. The highest BCUT2D eigenvalue weighted by molar-refractivity contribution is 8.13. The zero-order valence-electron chi connectivity index (χ0n) is 9.32. The van der Waals surface area contributed by atoms with Gasteiger partial charge < -0.3 is 9.03 Å². The van der Waals surface area contributed by atoms with Gasteiger partial charge in [0.15, 0.2) is 0 Å². The van der Waals surface area contributed by atoms with Crippen molar-refractivity contribution in [3.63, 3.8) is 0 Å². The summed E-state index contributed by atoms with van der Waals surface area (Å²) in [6.07, 6.45) is 0.986. The first-order chi connectivity index (χ1) is 7.83. The van der Waals surface area contributed by atoms with E-state index in [4.69, 9.17) is 27.3 Å². The van der Waals surface area contributed by atoms with Crippen molar-refractivity contribution in [1.82, 2.24) is 0 Å². The average molecular weight is 305 g/mol. The Morgan fingerprint density at radius 1 is 1.59 bits per heavy atom. The van der Waals surface area contributed by atoms with Crippen LogP contribution < -0.4 is 0 Å². The van der Waals surface area contributed by atoms with Gasteiger partial charge >= 0.3 is 5.97 Å². The van der Waals surface area contributed by atoms with E-state index in [0.29, 0.717) is 6.42 Å². The minimum atomic E-state index is -3.81. The summed E-state index contributed by atoms with van der Waals surface area (Å²) in [4.78, 5) is 11.7. The molecule has 2 unspecified atom stereocenters. The molecule has 17 heavy (non-hydrogen) atoms. The van der Waals surface area contributed by atoms with Gasteiger partial charge in [-0.05, 0) is 19.3 Å². The van der Waals surface area contributed by atoms with Crippen LogP contribution in [0.2, 0.25) is 0 Å².